The Bertz CT molecular complexity index is 480. The van der Waals surface area contributed by atoms with Crippen molar-refractivity contribution in [2.24, 2.45) is 5.41 Å². The van der Waals surface area contributed by atoms with Crippen molar-refractivity contribution in [3.05, 3.63) is 29.3 Å². The van der Waals surface area contributed by atoms with Crippen LogP contribution in [0.25, 0.3) is 0 Å². The van der Waals surface area contributed by atoms with Crippen molar-refractivity contribution in [2.45, 2.75) is 58.4 Å². The van der Waals surface area contributed by atoms with Crippen LogP contribution in [-0.2, 0) is 6.42 Å². The zero-order chi connectivity index (χ0) is 14.2. The van der Waals surface area contributed by atoms with Gasteiger partial charge in [0.1, 0.15) is 5.75 Å². The van der Waals surface area contributed by atoms with Crippen molar-refractivity contribution in [1.82, 2.24) is 4.90 Å². The van der Waals surface area contributed by atoms with Crippen LogP contribution in [0.4, 0.5) is 0 Å². The molecule has 1 aliphatic heterocycles. The number of phenols is 1. The third-order valence-electron chi connectivity index (χ3n) is 5.23. The minimum absolute atomic E-state index is 0.422. The summed E-state index contributed by atoms with van der Waals surface area (Å²) >= 11 is 0. The SMILES string of the molecule is CC1(C)CCCN(C2CCCc3ccc(O)cc32)CC1. The highest BCUT2D eigenvalue weighted by atomic mass is 16.3. The van der Waals surface area contributed by atoms with Gasteiger partial charge in [-0.2, -0.15) is 0 Å². The van der Waals surface area contributed by atoms with Gasteiger partial charge >= 0.3 is 0 Å². The van der Waals surface area contributed by atoms with Crippen LogP contribution in [0, 0.1) is 5.41 Å². The summed E-state index contributed by atoms with van der Waals surface area (Å²) in [5, 5.41) is 9.82. The van der Waals surface area contributed by atoms with Crippen molar-refractivity contribution in [2.75, 3.05) is 13.1 Å². The van der Waals surface area contributed by atoms with Gasteiger partial charge < -0.3 is 5.11 Å². The van der Waals surface area contributed by atoms with E-state index < -0.39 is 0 Å². The first-order chi connectivity index (χ1) is 9.55. The monoisotopic (exact) mass is 273 g/mol. The molecule has 0 saturated carbocycles. The zero-order valence-corrected chi connectivity index (χ0v) is 12.9. The second-order valence-electron chi connectivity index (χ2n) is 7.34. The van der Waals surface area contributed by atoms with Crippen molar-refractivity contribution in [1.29, 1.82) is 0 Å². The fourth-order valence-electron chi connectivity index (χ4n) is 3.90. The van der Waals surface area contributed by atoms with Crippen LogP contribution >= 0.6 is 0 Å². The Morgan fingerprint density at radius 1 is 1.15 bits per heavy atom. The molecule has 1 heterocycles. The number of fused-ring (bicyclic) bond motifs is 1. The molecule has 0 aromatic heterocycles. The number of rotatable bonds is 1. The highest BCUT2D eigenvalue weighted by Crippen LogP contribution is 2.39. The minimum Gasteiger partial charge on any atom is -0.508 e. The van der Waals surface area contributed by atoms with E-state index in [9.17, 15) is 5.11 Å². The Morgan fingerprint density at radius 3 is 2.85 bits per heavy atom. The summed E-state index contributed by atoms with van der Waals surface area (Å²) in [7, 11) is 0. The molecule has 0 bridgehead atoms. The first-order valence-electron chi connectivity index (χ1n) is 8.11. The first kappa shape index (κ1) is 13.9. The lowest BCUT2D eigenvalue weighted by Gasteiger charge is -2.35. The van der Waals surface area contributed by atoms with Crippen molar-refractivity contribution in [3.8, 4) is 5.75 Å². The molecule has 1 aliphatic carbocycles. The average Bonchev–Trinajstić information content (AvgIpc) is 2.59. The van der Waals surface area contributed by atoms with Crippen LogP contribution in [0.3, 0.4) is 0 Å². The molecule has 0 spiro atoms. The topological polar surface area (TPSA) is 23.5 Å². The fraction of sp³-hybridized carbons (Fsp3) is 0.667. The van der Waals surface area contributed by atoms with E-state index in [1.165, 1.54) is 62.7 Å². The molecule has 20 heavy (non-hydrogen) atoms. The zero-order valence-electron chi connectivity index (χ0n) is 12.9. The smallest absolute Gasteiger partial charge is 0.115 e. The van der Waals surface area contributed by atoms with Gasteiger partial charge in [0.05, 0.1) is 0 Å². The lowest BCUT2D eigenvalue weighted by Crippen LogP contribution is -2.32. The third-order valence-corrected chi connectivity index (χ3v) is 5.23. The van der Waals surface area contributed by atoms with Crippen molar-refractivity contribution >= 4 is 0 Å². The van der Waals surface area contributed by atoms with E-state index in [2.05, 4.69) is 24.8 Å². The van der Waals surface area contributed by atoms with E-state index in [0.717, 1.165) is 0 Å². The van der Waals surface area contributed by atoms with Gasteiger partial charge in [-0.25, -0.2) is 0 Å². The van der Waals surface area contributed by atoms with Crippen LogP contribution < -0.4 is 0 Å². The van der Waals surface area contributed by atoms with Crippen LogP contribution in [0.1, 0.15) is 63.1 Å². The molecule has 2 nitrogen and oxygen atoms in total. The lowest BCUT2D eigenvalue weighted by atomic mass is 9.85. The number of likely N-dealkylation sites (tertiary alicyclic amines) is 1. The summed E-state index contributed by atoms with van der Waals surface area (Å²) in [6.07, 6.45) is 7.63. The van der Waals surface area contributed by atoms with Gasteiger partial charge in [-0.3, -0.25) is 4.90 Å². The highest BCUT2D eigenvalue weighted by molar-refractivity contribution is 5.38. The second-order valence-corrected chi connectivity index (χ2v) is 7.34. The molecule has 1 N–H and O–H groups in total. The normalized spacial score (nSPS) is 26.8. The predicted octanol–water partition coefficient (Wildman–Crippen LogP) is 4.28. The van der Waals surface area contributed by atoms with Crippen molar-refractivity contribution < 1.29 is 5.11 Å². The third kappa shape index (κ3) is 2.85. The number of aromatic hydroxyl groups is 1. The number of aryl methyl sites for hydroxylation is 1. The number of hydrogen-bond donors (Lipinski definition) is 1. The molecule has 0 radical (unpaired) electrons. The van der Waals surface area contributed by atoms with E-state index >= 15 is 0 Å². The summed E-state index contributed by atoms with van der Waals surface area (Å²) < 4.78 is 0. The van der Waals surface area contributed by atoms with Crippen LogP contribution in [0.2, 0.25) is 0 Å². The molecular formula is C18H27NO. The van der Waals surface area contributed by atoms with Gasteiger partial charge in [-0.15, -0.1) is 0 Å². The number of nitrogens with zero attached hydrogens (tertiary/aromatic N) is 1. The van der Waals surface area contributed by atoms with Gasteiger partial charge in [-0.05, 0) is 80.3 Å². The maximum Gasteiger partial charge on any atom is 0.115 e. The van der Waals surface area contributed by atoms with Crippen molar-refractivity contribution in [3.63, 3.8) is 0 Å². The van der Waals surface area contributed by atoms with Crippen LogP contribution in [0.5, 0.6) is 5.75 Å². The van der Waals surface area contributed by atoms with Crippen LogP contribution in [-0.4, -0.2) is 23.1 Å². The van der Waals surface area contributed by atoms with E-state index in [4.69, 9.17) is 0 Å². The molecule has 1 unspecified atom stereocenters. The van der Waals surface area contributed by atoms with E-state index in [-0.39, 0.29) is 0 Å². The largest absolute Gasteiger partial charge is 0.508 e. The Labute approximate surface area is 122 Å². The molecule has 2 aliphatic rings. The molecule has 0 amide bonds. The van der Waals surface area contributed by atoms with Gasteiger partial charge in [0.2, 0.25) is 0 Å². The lowest BCUT2D eigenvalue weighted by molar-refractivity contribution is 0.177. The molecule has 1 saturated heterocycles. The maximum atomic E-state index is 9.82. The summed E-state index contributed by atoms with van der Waals surface area (Å²) in [5.74, 6) is 0.422. The minimum atomic E-state index is 0.422. The maximum absolute atomic E-state index is 9.82. The van der Waals surface area contributed by atoms with Gasteiger partial charge in [0.15, 0.2) is 0 Å². The molecular weight excluding hydrogens is 246 g/mol. The quantitative estimate of drug-likeness (QED) is 0.825. The molecule has 1 atom stereocenters. The molecule has 1 fully saturated rings. The first-order valence-corrected chi connectivity index (χ1v) is 8.11. The fourth-order valence-corrected chi connectivity index (χ4v) is 3.90. The Balaban J connectivity index is 1.83. The number of phenolic OH excluding ortho intramolecular Hbond substituents is 1. The molecule has 2 heteroatoms. The standard InChI is InChI=1S/C18H27NO/c1-18(2)9-4-11-19(12-10-18)17-6-3-5-14-7-8-15(20)13-16(14)17/h7-8,13,17,20H,3-6,9-12H2,1-2H3. The Hall–Kier alpha value is -1.02. The highest BCUT2D eigenvalue weighted by Gasteiger charge is 2.30. The summed E-state index contributed by atoms with van der Waals surface area (Å²) in [6, 6.07) is 6.50. The average molecular weight is 273 g/mol. The van der Waals surface area contributed by atoms with E-state index in [0.29, 0.717) is 17.2 Å². The van der Waals surface area contributed by atoms with Gasteiger partial charge in [0, 0.05) is 6.04 Å². The molecule has 3 rings (SSSR count). The summed E-state index contributed by atoms with van der Waals surface area (Å²) in [4.78, 5) is 2.67. The molecule has 1 aromatic carbocycles. The molecule has 1 aromatic rings. The van der Waals surface area contributed by atoms with E-state index in [1.54, 1.807) is 0 Å². The number of hydrogen-bond acceptors (Lipinski definition) is 2. The van der Waals surface area contributed by atoms with E-state index in [1.807, 2.05) is 12.1 Å². The Kier molecular flexibility index (Phi) is 3.76. The summed E-state index contributed by atoms with van der Waals surface area (Å²) in [5.41, 5.74) is 3.32. The van der Waals surface area contributed by atoms with Gasteiger partial charge in [0.25, 0.3) is 0 Å². The predicted molar refractivity (Wildman–Crippen MR) is 83.0 cm³/mol. The molecule has 110 valence electrons. The Morgan fingerprint density at radius 2 is 2.00 bits per heavy atom. The second kappa shape index (κ2) is 5.40. The van der Waals surface area contributed by atoms with Gasteiger partial charge in [-0.1, -0.05) is 19.9 Å². The van der Waals surface area contributed by atoms with Crippen LogP contribution in [0.15, 0.2) is 18.2 Å². The summed E-state index contributed by atoms with van der Waals surface area (Å²) in [6.45, 7) is 7.21. The number of benzene rings is 1.